The fourth-order valence-corrected chi connectivity index (χ4v) is 2.88. The van der Waals surface area contributed by atoms with Gasteiger partial charge >= 0.3 is 0 Å². The molecule has 108 valence electrons. The number of aromatic nitrogens is 2. The molecule has 1 atom stereocenters. The van der Waals surface area contributed by atoms with E-state index in [9.17, 15) is 0 Å². The van der Waals surface area contributed by atoms with Gasteiger partial charge in [0.1, 0.15) is 0 Å². The standard InChI is InChI=1S/C14H27N5/c1-12(2)10-18-4-6-19(7-5-18)14(8-15)13-9-16-17(3)11-13/h9,11-12,14H,4-8,10,15H2,1-3H3. The summed E-state index contributed by atoms with van der Waals surface area (Å²) in [4.78, 5) is 5.05. The Labute approximate surface area is 116 Å². The molecular formula is C14H27N5. The van der Waals surface area contributed by atoms with Gasteiger partial charge in [-0.2, -0.15) is 5.10 Å². The van der Waals surface area contributed by atoms with Gasteiger partial charge in [0.05, 0.1) is 12.2 Å². The summed E-state index contributed by atoms with van der Waals surface area (Å²) in [6.07, 6.45) is 4.02. The zero-order valence-corrected chi connectivity index (χ0v) is 12.4. The average molecular weight is 265 g/mol. The second-order valence-electron chi connectivity index (χ2n) is 5.93. The number of nitrogens with zero attached hydrogens (tertiary/aromatic N) is 4. The van der Waals surface area contributed by atoms with Crippen molar-refractivity contribution >= 4 is 0 Å². The first kappa shape index (κ1) is 14.5. The maximum Gasteiger partial charge on any atom is 0.0538 e. The molecule has 1 fully saturated rings. The van der Waals surface area contributed by atoms with Crippen molar-refractivity contribution in [1.29, 1.82) is 0 Å². The number of hydrogen-bond acceptors (Lipinski definition) is 4. The van der Waals surface area contributed by atoms with Crippen molar-refractivity contribution in [3.8, 4) is 0 Å². The van der Waals surface area contributed by atoms with Gasteiger partial charge in [-0.05, 0) is 5.92 Å². The van der Waals surface area contributed by atoms with E-state index >= 15 is 0 Å². The maximum absolute atomic E-state index is 5.97. The molecule has 1 aromatic rings. The Hall–Kier alpha value is -0.910. The fraction of sp³-hybridized carbons (Fsp3) is 0.786. The lowest BCUT2D eigenvalue weighted by Gasteiger charge is -2.39. The van der Waals surface area contributed by atoms with Crippen LogP contribution < -0.4 is 5.73 Å². The lowest BCUT2D eigenvalue weighted by Crippen LogP contribution is -2.49. The van der Waals surface area contributed by atoms with Crippen LogP contribution in [-0.4, -0.2) is 58.8 Å². The molecule has 5 nitrogen and oxygen atoms in total. The summed E-state index contributed by atoms with van der Waals surface area (Å²) in [5.41, 5.74) is 7.21. The monoisotopic (exact) mass is 265 g/mol. The van der Waals surface area contributed by atoms with Gasteiger partial charge in [0, 0.05) is 58.1 Å². The van der Waals surface area contributed by atoms with Gasteiger partial charge in [-0.15, -0.1) is 0 Å². The molecule has 2 heterocycles. The number of rotatable bonds is 5. The lowest BCUT2D eigenvalue weighted by atomic mass is 10.1. The van der Waals surface area contributed by atoms with Crippen LogP contribution in [0.5, 0.6) is 0 Å². The molecule has 1 unspecified atom stereocenters. The van der Waals surface area contributed by atoms with Gasteiger partial charge in [-0.25, -0.2) is 0 Å². The van der Waals surface area contributed by atoms with E-state index in [-0.39, 0.29) is 0 Å². The second-order valence-corrected chi connectivity index (χ2v) is 5.93. The van der Waals surface area contributed by atoms with Gasteiger partial charge in [-0.1, -0.05) is 13.8 Å². The topological polar surface area (TPSA) is 50.3 Å². The lowest BCUT2D eigenvalue weighted by molar-refractivity contribution is 0.0912. The minimum absolute atomic E-state index is 0.315. The van der Waals surface area contributed by atoms with Crippen molar-refractivity contribution in [3.63, 3.8) is 0 Å². The van der Waals surface area contributed by atoms with Crippen LogP contribution in [0.2, 0.25) is 0 Å². The van der Waals surface area contributed by atoms with Crippen molar-refractivity contribution < 1.29 is 0 Å². The molecule has 0 spiro atoms. The van der Waals surface area contributed by atoms with E-state index < -0.39 is 0 Å². The molecule has 2 rings (SSSR count). The number of aryl methyl sites for hydroxylation is 1. The highest BCUT2D eigenvalue weighted by atomic mass is 15.3. The van der Waals surface area contributed by atoms with Crippen molar-refractivity contribution in [3.05, 3.63) is 18.0 Å². The summed E-state index contributed by atoms with van der Waals surface area (Å²) in [6.45, 7) is 10.9. The largest absolute Gasteiger partial charge is 0.329 e. The zero-order chi connectivity index (χ0) is 13.8. The molecule has 1 aromatic heterocycles. The summed E-state index contributed by atoms with van der Waals surface area (Å²) in [7, 11) is 1.96. The Morgan fingerprint density at radius 3 is 2.42 bits per heavy atom. The highest BCUT2D eigenvalue weighted by Crippen LogP contribution is 2.20. The Morgan fingerprint density at radius 1 is 1.26 bits per heavy atom. The van der Waals surface area contributed by atoms with Gasteiger partial charge in [0.2, 0.25) is 0 Å². The summed E-state index contributed by atoms with van der Waals surface area (Å²) in [6, 6.07) is 0.315. The maximum atomic E-state index is 5.97. The smallest absolute Gasteiger partial charge is 0.0538 e. The molecule has 1 aliphatic heterocycles. The second kappa shape index (κ2) is 6.50. The van der Waals surface area contributed by atoms with E-state index in [0.717, 1.165) is 32.1 Å². The van der Waals surface area contributed by atoms with Crippen LogP contribution in [0.4, 0.5) is 0 Å². The molecule has 1 aliphatic rings. The molecule has 0 amide bonds. The molecule has 0 radical (unpaired) electrons. The summed E-state index contributed by atoms with van der Waals surface area (Å²) in [5, 5.41) is 4.26. The number of piperazine rings is 1. The minimum Gasteiger partial charge on any atom is -0.329 e. The number of hydrogen-bond donors (Lipinski definition) is 1. The fourth-order valence-electron chi connectivity index (χ4n) is 2.88. The first-order valence-corrected chi connectivity index (χ1v) is 7.25. The van der Waals surface area contributed by atoms with Crippen LogP contribution in [0.25, 0.3) is 0 Å². The molecule has 19 heavy (non-hydrogen) atoms. The van der Waals surface area contributed by atoms with Crippen LogP contribution in [-0.2, 0) is 7.05 Å². The van der Waals surface area contributed by atoms with Crippen LogP contribution in [0.3, 0.4) is 0 Å². The van der Waals surface area contributed by atoms with E-state index in [1.165, 1.54) is 12.1 Å². The quantitative estimate of drug-likeness (QED) is 0.851. The Bertz CT molecular complexity index is 379. The van der Waals surface area contributed by atoms with Crippen LogP contribution in [0.15, 0.2) is 12.4 Å². The normalized spacial score (nSPS) is 20.1. The van der Waals surface area contributed by atoms with E-state index in [4.69, 9.17) is 5.73 Å². The van der Waals surface area contributed by atoms with Crippen molar-refractivity contribution in [2.75, 3.05) is 39.3 Å². The SMILES string of the molecule is CC(C)CN1CCN(C(CN)c2cnn(C)c2)CC1. The van der Waals surface area contributed by atoms with Gasteiger partial charge < -0.3 is 10.6 Å². The highest BCUT2D eigenvalue weighted by Gasteiger charge is 2.25. The first-order valence-electron chi connectivity index (χ1n) is 7.25. The molecule has 0 saturated carbocycles. The third-order valence-corrected chi connectivity index (χ3v) is 3.80. The van der Waals surface area contributed by atoms with Crippen LogP contribution >= 0.6 is 0 Å². The third kappa shape index (κ3) is 3.78. The third-order valence-electron chi connectivity index (χ3n) is 3.80. The molecule has 2 N–H and O–H groups in total. The average Bonchev–Trinajstić information content (AvgIpc) is 2.78. The molecule has 0 aliphatic carbocycles. The summed E-state index contributed by atoms with van der Waals surface area (Å²) >= 11 is 0. The van der Waals surface area contributed by atoms with Gasteiger partial charge in [0.15, 0.2) is 0 Å². The molecular weight excluding hydrogens is 238 g/mol. The molecule has 0 aromatic carbocycles. The molecule has 0 bridgehead atoms. The van der Waals surface area contributed by atoms with E-state index in [1.54, 1.807) is 0 Å². The zero-order valence-electron chi connectivity index (χ0n) is 12.4. The first-order chi connectivity index (χ1) is 9.10. The van der Waals surface area contributed by atoms with E-state index in [1.807, 2.05) is 17.9 Å². The van der Waals surface area contributed by atoms with E-state index in [0.29, 0.717) is 12.6 Å². The predicted molar refractivity (Wildman–Crippen MR) is 77.9 cm³/mol. The number of nitrogens with two attached hydrogens (primary N) is 1. The Kier molecular flexibility index (Phi) is 4.96. The van der Waals surface area contributed by atoms with Gasteiger partial charge in [-0.3, -0.25) is 9.58 Å². The minimum atomic E-state index is 0.315. The van der Waals surface area contributed by atoms with Crippen molar-refractivity contribution in [1.82, 2.24) is 19.6 Å². The Balaban J connectivity index is 1.92. The summed E-state index contributed by atoms with van der Waals surface area (Å²) < 4.78 is 1.85. The van der Waals surface area contributed by atoms with Crippen LogP contribution in [0, 0.1) is 5.92 Å². The van der Waals surface area contributed by atoms with Crippen molar-refractivity contribution in [2.45, 2.75) is 19.9 Å². The highest BCUT2D eigenvalue weighted by molar-refractivity contribution is 5.11. The van der Waals surface area contributed by atoms with Crippen molar-refractivity contribution in [2.24, 2.45) is 18.7 Å². The van der Waals surface area contributed by atoms with Crippen LogP contribution in [0.1, 0.15) is 25.5 Å². The molecule has 1 saturated heterocycles. The van der Waals surface area contributed by atoms with Gasteiger partial charge in [0.25, 0.3) is 0 Å². The Morgan fingerprint density at radius 2 is 1.95 bits per heavy atom. The summed E-state index contributed by atoms with van der Waals surface area (Å²) in [5.74, 6) is 0.746. The molecule has 5 heteroatoms. The predicted octanol–water partition coefficient (Wildman–Crippen LogP) is 0.694. The van der Waals surface area contributed by atoms with E-state index in [2.05, 4.69) is 34.9 Å².